The van der Waals surface area contributed by atoms with Crippen molar-refractivity contribution in [1.29, 1.82) is 0 Å². The summed E-state index contributed by atoms with van der Waals surface area (Å²) in [5.74, 6) is -0.701. The van der Waals surface area contributed by atoms with Crippen LogP contribution in [0.1, 0.15) is 31.1 Å². The third-order valence-electron chi connectivity index (χ3n) is 5.04. The molecule has 2 aromatic carbocycles. The second kappa shape index (κ2) is 7.93. The van der Waals surface area contributed by atoms with Crippen molar-refractivity contribution in [3.63, 3.8) is 0 Å². The van der Waals surface area contributed by atoms with Gasteiger partial charge in [-0.3, -0.25) is 9.59 Å². The maximum Gasteiger partial charge on any atom is 0.323 e. The Morgan fingerprint density at radius 3 is 2.31 bits per heavy atom. The molecule has 154 valence electrons. The highest BCUT2D eigenvalue weighted by molar-refractivity contribution is 8.00. The molecular weight excluding hydrogens is 410 g/mol. The molecular formula is C21H23NO5S2. The van der Waals surface area contributed by atoms with E-state index in [0.717, 1.165) is 15.4 Å². The molecule has 8 heteroatoms. The summed E-state index contributed by atoms with van der Waals surface area (Å²) in [6.45, 7) is 5.13. The van der Waals surface area contributed by atoms with Gasteiger partial charge in [0.05, 0.1) is 4.90 Å². The van der Waals surface area contributed by atoms with Crippen molar-refractivity contribution >= 4 is 33.5 Å². The lowest BCUT2D eigenvalue weighted by atomic mass is 9.98. The molecule has 1 atom stereocenters. The molecule has 1 saturated heterocycles. The van der Waals surface area contributed by atoms with E-state index in [1.54, 1.807) is 38.1 Å². The number of benzene rings is 2. The molecule has 1 N–H and O–H groups in total. The number of ketones is 1. The standard InChI is InChI=1S/C21H23NO5S2/c1-14(23)17-6-4-5-7-18(17)15-8-10-16(11-9-15)29(26,27)22-12-13-28-21(2,3)19(22)20(24)25/h4-11,19H,12-13H2,1-3H3,(H,24,25). The lowest BCUT2D eigenvalue weighted by Gasteiger charge is -2.42. The van der Waals surface area contributed by atoms with Gasteiger partial charge in [-0.1, -0.05) is 36.4 Å². The van der Waals surface area contributed by atoms with Gasteiger partial charge in [0.2, 0.25) is 10.0 Å². The first-order valence-corrected chi connectivity index (χ1v) is 11.6. The zero-order valence-corrected chi connectivity index (χ0v) is 18.1. The summed E-state index contributed by atoms with van der Waals surface area (Å²) in [5.41, 5.74) is 2.01. The fourth-order valence-electron chi connectivity index (χ4n) is 3.62. The van der Waals surface area contributed by atoms with Crippen LogP contribution in [0.5, 0.6) is 0 Å². The lowest BCUT2D eigenvalue weighted by Crippen LogP contribution is -2.58. The Balaban J connectivity index is 1.99. The molecule has 0 saturated carbocycles. The number of rotatable bonds is 5. The summed E-state index contributed by atoms with van der Waals surface area (Å²) >= 11 is 1.46. The van der Waals surface area contributed by atoms with Gasteiger partial charge in [0.25, 0.3) is 0 Å². The van der Waals surface area contributed by atoms with Crippen LogP contribution in [0.4, 0.5) is 0 Å². The third-order valence-corrected chi connectivity index (χ3v) is 8.28. The molecule has 0 aromatic heterocycles. The number of hydrogen-bond donors (Lipinski definition) is 1. The van der Waals surface area contributed by atoms with Crippen molar-refractivity contribution in [2.75, 3.05) is 12.3 Å². The van der Waals surface area contributed by atoms with Crippen molar-refractivity contribution in [2.24, 2.45) is 0 Å². The number of aliphatic carboxylic acids is 1. The summed E-state index contributed by atoms with van der Waals surface area (Å²) in [6, 6.07) is 12.2. The average molecular weight is 434 g/mol. The Bertz CT molecular complexity index is 1040. The van der Waals surface area contributed by atoms with E-state index in [4.69, 9.17) is 0 Å². The van der Waals surface area contributed by atoms with Crippen LogP contribution in [0.15, 0.2) is 53.4 Å². The Morgan fingerprint density at radius 1 is 1.10 bits per heavy atom. The van der Waals surface area contributed by atoms with E-state index >= 15 is 0 Å². The van der Waals surface area contributed by atoms with Crippen molar-refractivity contribution in [3.8, 4) is 11.1 Å². The number of hydrogen-bond acceptors (Lipinski definition) is 5. The van der Waals surface area contributed by atoms with Crippen LogP contribution < -0.4 is 0 Å². The summed E-state index contributed by atoms with van der Waals surface area (Å²) in [4.78, 5) is 23.8. The number of Topliss-reactive ketones (excluding diaryl/α,β-unsaturated/α-hetero) is 1. The molecule has 1 fully saturated rings. The molecule has 29 heavy (non-hydrogen) atoms. The van der Waals surface area contributed by atoms with Crippen LogP contribution in [-0.4, -0.2) is 52.7 Å². The van der Waals surface area contributed by atoms with E-state index in [1.807, 2.05) is 12.1 Å². The minimum absolute atomic E-state index is 0.0375. The zero-order chi connectivity index (χ0) is 21.4. The third kappa shape index (κ3) is 4.10. The fraction of sp³-hybridized carbons (Fsp3) is 0.333. The van der Waals surface area contributed by atoms with Gasteiger partial charge in [-0.05, 0) is 44.0 Å². The van der Waals surface area contributed by atoms with Crippen LogP contribution in [0, 0.1) is 0 Å². The SMILES string of the molecule is CC(=O)c1ccccc1-c1ccc(S(=O)(=O)N2CCSC(C)(C)C2C(=O)O)cc1. The lowest BCUT2D eigenvalue weighted by molar-refractivity contribution is -0.142. The van der Waals surface area contributed by atoms with Gasteiger partial charge in [0.1, 0.15) is 6.04 Å². The molecule has 1 unspecified atom stereocenters. The maximum absolute atomic E-state index is 13.2. The number of carboxylic acids is 1. The number of nitrogens with zero attached hydrogens (tertiary/aromatic N) is 1. The summed E-state index contributed by atoms with van der Waals surface area (Å²) < 4.78 is 26.8. The summed E-state index contributed by atoms with van der Waals surface area (Å²) in [5, 5.41) is 9.68. The van der Waals surface area contributed by atoms with Gasteiger partial charge in [-0.2, -0.15) is 16.1 Å². The molecule has 1 aliphatic heterocycles. The van der Waals surface area contributed by atoms with Crippen LogP contribution in [0.25, 0.3) is 11.1 Å². The van der Waals surface area contributed by atoms with E-state index in [9.17, 15) is 23.1 Å². The van der Waals surface area contributed by atoms with E-state index in [1.165, 1.54) is 30.8 Å². The van der Waals surface area contributed by atoms with Gasteiger partial charge in [-0.15, -0.1) is 0 Å². The van der Waals surface area contributed by atoms with Gasteiger partial charge in [0, 0.05) is 22.6 Å². The van der Waals surface area contributed by atoms with Crippen LogP contribution in [0.2, 0.25) is 0 Å². The van der Waals surface area contributed by atoms with Crippen LogP contribution in [0.3, 0.4) is 0 Å². The Morgan fingerprint density at radius 2 is 1.72 bits per heavy atom. The van der Waals surface area contributed by atoms with Crippen LogP contribution in [-0.2, 0) is 14.8 Å². The highest BCUT2D eigenvalue weighted by Crippen LogP contribution is 2.38. The number of carbonyl (C=O) groups is 2. The smallest absolute Gasteiger partial charge is 0.323 e. The first kappa shape index (κ1) is 21.5. The first-order valence-electron chi connectivity index (χ1n) is 9.15. The van der Waals surface area contributed by atoms with E-state index in [2.05, 4.69) is 0 Å². The van der Waals surface area contributed by atoms with Gasteiger partial charge < -0.3 is 5.11 Å². The van der Waals surface area contributed by atoms with Crippen molar-refractivity contribution < 1.29 is 23.1 Å². The average Bonchev–Trinajstić information content (AvgIpc) is 2.66. The Labute approximate surface area is 175 Å². The zero-order valence-electron chi connectivity index (χ0n) is 16.5. The topological polar surface area (TPSA) is 91.8 Å². The largest absolute Gasteiger partial charge is 0.480 e. The summed E-state index contributed by atoms with van der Waals surface area (Å²) in [7, 11) is -3.98. The molecule has 1 heterocycles. The summed E-state index contributed by atoms with van der Waals surface area (Å²) in [6.07, 6.45) is 0. The van der Waals surface area contributed by atoms with Gasteiger partial charge in [0.15, 0.2) is 5.78 Å². The van der Waals surface area contributed by atoms with Gasteiger partial charge >= 0.3 is 5.97 Å². The minimum atomic E-state index is -3.98. The number of sulfonamides is 1. The fourth-order valence-corrected chi connectivity index (χ4v) is 6.71. The predicted molar refractivity (Wildman–Crippen MR) is 114 cm³/mol. The van der Waals surface area contributed by atoms with E-state index in [-0.39, 0.29) is 17.2 Å². The van der Waals surface area contributed by atoms with Crippen LogP contribution >= 0.6 is 11.8 Å². The molecule has 0 bridgehead atoms. The molecule has 0 radical (unpaired) electrons. The van der Waals surface area contributed by atoms with E-state index in [0.29, 0.717) is 11.3 Å². The normalized spacial score (nSPS) is 19.6. The monoisotopic (exact) mass is 433 g/mol. The maximum atomic E-state index is 13.2. The molecule has 0 spiro atoms. The number of carbonyl (C=O) groups excluding carboxylic acids is 1. The van der Waals surface area contributed by atoms with Crippen molar-refractivity contribution in [2.45, 2.75) is 36.5 Å². The second-order valence-electron chi connectivity index (χ2n) is 7.43. The van der Waals surface area contributed by atoms with Crippen molar-refractivity contribution in [1.82, 2.24) is 4.31 Å². The molecule has 3 rings (SSSR count). The van der Waals surface area contributed by atoms with E-state index < -0.39 is 26.8 Å². The first-order chi connectivity index (χ1) is 13.6. The molecule has 2 aromatic rings. The number of thioether (sulfide) groups is 1. The van der Waals surface area contributed by atoms with Crippen molar-refractivity contribution in [3.05, 3.63) is 54.1 Å². The Hall–Kier alpha value is -2.16. The molecule has 1 aliphatic rings. The molecule has 0 aliphatic carbocycles. The highest BCUT2D eigenvalue weighted by Gasteiger charge is 2.48. The minimum Gasteiger partial charge on any atom is -0.480 e. The second-order valence-corrected chi connectivity index (χ2v) is 11.1. The van der Waals surface area contributed by atoms with Gasteiger partial charge in [-0.25, -0.2) is 8.42 Å². The number of carboxylic acid groups (broad SMARTS) is 1. The quantitative estimate of drug-likeness (QED) is 0.726. The predicted octanol–water partition coefficient (Wildman–Crippen LogP) is 3.53. The highest BCUT2D eigenvalue weighted by atomic mass is 32.2. The molecule has 6 nitrogen and oxygen atoms in total. The molecule has 0 amide bonds. The Kier molecular flexibility index (Phi) is 5.89.